The number of aliphatic hydroxyl groups is 1. The molecule has 1 heterocycles. The number of fused-ring (bicyclic) bond motifs is 2. The largest absolute Gasteiger partial charge is 0.493 e. The summed E-state index contributed by atoms with van der Waals surface area (Å²) < 4.78 is 22.0. The SMILES string of the molecule is COc1cc2nc3cc(OC)c(OC)cc3c(Nc3ccc(CO)cc3)c2cc1OC. The smallest absolute Gasteiger partial charge is 0.162 e. The molecule has 0 atom stereocenters. The Bertz CT molecular complexity index is 1170. The number of anilines is 2. The van der Waals surface area contributed by atoms with Gasteiger partial charge in [0.2, 0.25) is 0 Å². The van der Waals surface area contributed by atoms with Crippen LogP contribution in [-0.2, 0) is 6.61 Å². The molecule has 7 nitrogen and oxygen atoms in total. The molecule has 0 fully saturated rings. The molecular weight excluding hydrogens is 396 g/mol. The summed E-state index contributed by atoms with van der Waals surface area (Å²) in [6.45, 7) is -0.00458. The standard InChI is InChI=1S/C24H24N2O5/c1-28-20-9-16-18(11-22(20)30-3)26-19-12-23(31-4)21(29-2)10-17(19)24(16)25-15-7-5-14(13-27)6-8-15/h5-12,27H,13H2,1-4H3,(H,25,26). The molecule has 0 aliphatic rings. The third-order valence-corrected chi connectivity index (χ3v) is 5.19. The number of aliphatic hydroxyl groups excluding tert-OH is 1. The molecule has 160 valence electrons. The van der Waals surface area contributed by atoms with E-state index in [1.165, 1.54) is 0 Å². The van der Waals surface area contributed by atoms with Crippen LogP contribution in [0.15, 0.2) is 48.5 Å². The Labute approximate surface area is 180 Å². The molecule has 0 saturated heterocycles. The van der Waals surface area contributed by atoms with E-state index in [0.29, 0.717) is 23.0 Å². The van der Waals surface area contributed by atoms with Crippen molar-refractivity contribution in [3.8, 4) is 23.0 Å². The van der Waals surface area contributed by atoms with Crippen molar-refractivity contribution in [2.75, 3.05) is 33.8 Å². The minimum atomic E-state index is -0.00458. The van der Waals surface area contributed by atoms with Crippen molar-refractivity contribution in [2.45, 2.75) is 6.61 Å². The number of rotatable bonds is 7. The summed E-state index contributed by atoms with van der Waals surface area (Å²) in [5, 5.41) is 14.6. The Kier molecular flexibility index (Phi) is 5.68. The molecule has 3 aromatic carbocycles. The normalized spacial score (nSPS) is 10.9. The number of aromatic nitrogens is 1. The zero-order valence-electron chi connectivity index (χ0n) is 17.9. The van der Waals surface area contributed by atoms with Crippen LogP contribution in [-0.4, -0.2) is 38.5 Å². The topological polar surface area (TPSA) is 82.1 Å². The van der Waals surface area contributed by atoms with Crippen molar-refractivity contribution >= 4 is 33.2 Å². The summed E-state index contributed by atoms with van der Waals surface area (Å²) in [5.41, 5.74) is 4.04. The first-order valence-corrected chi connectivity index (χ1v) is 9.70. The van der Waals surface area contributed by atoms with Crippen LogP contribution in [0.1, 0.15) is 5.56 Å². The van der Waals surface area contributed by atoms with Crippen LogP contribution in [0, 0.1) is 0 Å². The number of nitrogens with one attached hydrogen (secondary N) is 1. The minimum Gasteiger partial charge on any atom is -0.493 e. The van der Waals surface area contributed by atoms with E-state index in [1.807, 2.05) is 48.5 Å². The van der Waals surface area contributed by atoms with Crippen LogP contribution >= 0.6 is 0 Å². The lowest BCUT2D eigenvalue weighted by Crippen LogP contribution is -1.99. The summed E-state index contributed by atoms with van der Waals surface area (Å²) in [5.74, 6) is 2.41. The highest BCUT2D eigenvalue weighted by atomic mass is 16.5. The molecule has 0 aliphatic carbocycles. The molecule has 0 aliphatic heterocycles. The zero-order valence-corrected chi connectivity index (χ0v) is 17.9. The number of benzene rings is 3. The number of pyridine rings is 1. The van der Waals surface area contributed by atoms with E-state index < -0.39 is 0 Å². The molecule has 31 heavy (non-hydrogen) atoms. The second-order valence-corrected chi connectivity index (χ2v) is 6.92. The fraction of sp³-hybridized carbons (Fsp3) is 0.208. The third-order valence-electron chi connectivity index (χ3n) is 5.19. The van der Waals surface area contributed by atoms with Gasteiger partial charge in [-0.25, -0.2) is 4.98 Å². The first kappa shape index (κ1) is 20.6. The molecule has 0 unspecified atom stereocenters. The van der Waals surface area contributed by atoms with Gasteiger partial charge in [0.25, 0.3) is 0 Å². The van der Waals surface area contributed by atoms with Gasteiger partial charge in [0.05, 0.1) is 51.8 Å². The van der Waals surface area contributed by atoms with Gasteiger partial charge in [0.15, 0.2) is 23.0 Å². The second-order valence-electron chi connectivity index (χ2n) is 6.92. The summed E-state index contributed by atoms with van der Waals surface area (Å²) in [4.78, 5) is 4.83. The van der Waals surface area contributed by atoms with Crippen LogP contribution in [0.25, 0.3) is 21.8 Å². The third kappa shape index (κ3) is 3.75. The lowest BCUT2D eigenvalue weighted by molar-refractivity contribution is 0.282. The Morgan fingerprint density at radius 1 is 0.710 bits per heavy atom. The fourth-order valence-corrected chi connectivity index (χ4v) is 3.57. The van der Waals surface area contributed by atoms with Crippen molar-refractivity contribution in [3.63, 3.8) is 0 Å². The molecule has 4 rings (SSSR count). The Balaban J connectivity index is 2.02. The van der Waals surface area contributed by atoms with Crippen molar-refractivity contribution < 1.29 is 24.1 Å². The zero-order chi connectivity index (χ0) is 22.0. The van der Waals surface area contributed by atoms with E-state index in [-0.39, 0.29) is 6.61 Å². The van der Waals surface area contributed by atoms with Crippen LogP contribution in [0.2, 0.25) is 0 Å². The summed E-state index contributed by atoms with van der Waals surface area (Å²) >= 11 is 0. The molecule has 0 amide bonds. The van der Waals surface area contributed by atoms with Gasteiger partial charge in [-0.1, -0.05) is 12.1 Å². The van der Waals surface area contributed by atoms with Crippen molar-refractivity contribution in [1.29, 1.82) is 0 Å². The van der Waals surface area contributed by atoms with Crippen LogP contribution in [0.3, 0.4) is 0 Å². The van der Waals surface area contributed by atoms with Gasteiger partial charge in [-0.3, -0.25) is 0 Å². The van der Waals surface area contributed by atoms with Gasteiger partial charge in [-0.05, 0) is 29.8 Å². The Morgan fingerprint density at radius 2 is 1.16 bits per heavy atom. The maximum absolute atomic E-state index is 9.33. The molecule has 1 aromatic heterocycles. The van der Waals surface area contributed by atoms with Crippen LogP contribution in [0.4, 0.5) is 11.4 Å². The number of nitrogens with zero attached hydrogens (tertiary/aromatic N) is 1. The number of ether oxygens (including phenoxy) is 4. The average molecular weight is 420 g/mol. The molecule has 2 N–H and O–H groups in total. The molecule has 0 bridgehead atoms. The monoisotopic (exact) mass is 420 g/mol. The van der Waals surface area contributed by atoms with Gasteiger partial charge in [-0.15, -0.1) is 0 Å². The van der Waals surface area contributed by atoms with E-state index in [1.54, 1.807) is 28.4 Å². The van der Waals surface area contributed by atoms with Crippen LogP contribution in [0.5, 0.6) is 23.0 Å². The first-order valence-electron chi connectivity index (χ1n) is 9.70. The summed E-state index contributed by atoms with van der Waals surface area (Å²) in [6.07, 6.45) is 0. The van der Waals surface area contributed by atoms with Gasteiger partial charge in [0, 0.05) is 28.6 Å². The predicted octanol–water partition coefficient (Wildman–Crippen LogP) is 4.66. The maximum Gasteiger partial charge on any atom is 0.162 e. The van der Waals surface area contributed by atoms with E-state index in [2.05, 4.69) is 5.32 Å². The quantitative estimate of drug-likeness (QED) is 0.421. The first-order chi connectivity index (χ1) is 15.1. The van der Waals surface area contributed by atoms with Crippen molar-refractivity contribution in [1.82, 2.24) is 4.98 Å². The number of methoxy groups -OCH3 is 4. The Hall–Kier alpha value is -3.71. The van der Waals surface area contributed by atoms with Gasteiger partial charge >= 0.3 is 0 Å². The fourth-order valence-electron chi connectivity index (χ4n) is 3.57. The molecule has 4 aromatic rings. The van der Waals surface area contributed by atoms with E-state index >= 15 is 0 Å². The molecular formula is C24H24N2O5. The molecule has 0 spiro atoms. The Morgan fingerprint density at radius 3 is 1.58 bits per heavy atom. The van der Waals surface area contributed by atoms with Crippen molar-refractivity contribution in [3.05, 3.63) is 54.1 Å². The van der Waals surface area contributed by atoms with Crippen molar-refractivity contribution in [2.24, 2.45) is 0 Å². The highest BCUT2D eigenvalue weighted by Gasteiger charge is 2.17. The van der Waals surface area contributed by atoms with Gasteiger partial charge < -0.3 is 29.4 Å². The number of hydrogen-bond acceptors (Lipinski definition) is 7. The van der Waals surface area contributed by atoms with E-state index in [9.17, 15) is 5.11 Å². The molecule has 7 heteroatoms. The lowest BCUT2D eigenvalue weighted by atomic mass is 10.1. The van der Waals surface area contributed by atoms with Gasteiger partial charge in [-0.2, -0.15) is 0 Å². The van der Waals surface area contributed by atoms with Gasteiger partial charge in [0.1, 0.15) is 0 Å². The minimum absolute atomic E-state index is 0.00458. The highest BCUT2D eigenvalue weighted by Crippen LogP contribution is 2.42. The van der Waals surface area contributed by atoms with E-state index in [4.69, 9.17) is 23.9 Å². The summed E-state index contributed by atoms with van der Waals surface area (Å²) in [7, 11) is 6.40. The summed E-state index contributed by atoms with van der Waals surface area (Å²) in [6, 6.07) is 15.1. The van der Waals surface area contributed by atoms with E-state index in [0.717, 1.165) is 38.7 Å². The number of hydrogen-bond donors (Lipinski definition) is 2. The molecule has 0 radical (unpaired) electrons. The molecule has 0 saturated carbocycles. The highest BCUT2D eigenvalue weighted by molar-refractivity contribution is 6.10. The van der Waals surface area contributed by atoms with Crippen LogP contribution < -0.4 is 24.3 Å². The maximum atomic E-state index is 9.33. The lowest BCUT2D eigenvalue weighted by Gasteiger charge is -2.17. The predicted molar refractivity (Wildman–Crippen MR) is 121 cm³/mol. The second kappa shape index (κ2) is 8.57. The average Bonchev–Trinajstić information content (AvgIpc) is 2.82.